The molecule has 2 fully saturated rings. The van der Waals surface area contributed by atoms with Crippen LogP contribution in [0.4, 0.5) is 0 Å². The van der Waals surface area contributed by atoms with E-state index >= 15 is 0 Å². The minimum Gasteiger partial charge on any atom is -0.356 e. The molecule has 0 radical (unpaired) electrons. The van der Waals surface area contributed by atoms with Crippen LogP contribution in [-0.4, -0.2) is 81.0 Å². The summed E-state index contributed by atoms with van der Waals surface area (Å²) in [4.78, 5) is 8.93. The van der Waals surface area contributed by atoms with E-state index in [1.165, 1.54) is 32.1 Å². The highest BCUT2D eigenvalue weighted by Crippen LogP contribution is 2.24. The molecule has 2 rings (SSSR count). The van der Waals surface area contributed by atoms with E-state index in [9.17, 15) is 8.42 Å². The van der Waals surface area contributed by atoms with Crippen LogP contribution in [0.15, 0.2) is 4.99 Å². The summed E-state index contributed by atoms with van der Waals surface area (Å²) in [6, 6.07) is 0.751. The second-order valence-corrected chi connectivity index (χ2v) is 10.8. The van der Waals surface area contributed by atoms with Gasteiger partial charge >= 0.3 is 0 Å². The fourth-order valence-corrected chi connectivity index (χ4v) is 5.26. The molecule has 0 amide bonds. The van der Waals surface area contributed by atoms with Crippen LogP contribution in [-0.2, 0) is 9.84 Å². The summed E-state index contributed by atoms with van der Waals surface area (Å²) in [7, 11) is 0.994. The molecule has 0 aromatic heterocycles. The minimum absolute atomic E-state index is 0. The Bertz CT molecular complexity index is 560. The van der Waals surface area contributed by atoms with Gasteiger partial charge in [0, 0.05) is 32.7 Å². The van der Waals surface area contributed by atoms with Crippen molar-refractivity contribution in [1.29, 1.82) is 0 Å². The van der Waals surface area contributed by atoms with Gasteiger partial charge < -0.3 is 15.1 Å². The van der Waals surface area contributed by atoms with E-state index in [2.05, 4.69) is 27.2 Å². The lowest BCUT2D eigenvalue weighted by molar-refractivity contribution is 0.190. The molecule has 0 atom stereocenters. The van der Waals surface area contributed by atoms with E-state index in [1.54, 1.807) is 20.9 Å². The van der Waals surface area contributed by atoms with Gasteiger partial charge in [-0.25, -0.2) is 8.42 Å². The molecule has 6 nitrogen and oxygen atoms in total. The van der Waals surface area contributed by atoms with Crippen LogP contribution in [0.3, 0.4) is 0 Å². The summed E-state index contributed by atoms with van der Waals surface area (Å²) >= 11 is 0. The first-order valence-electron chi connectivity index (χ1n) is 9.65. The molecule has 26 heavy (non-hydrogen) atoms. The SMILES string of the molecule is CN=C(NCCCN(C)C1CCCCC1)N1CCS(=O)(=O)C(C)(C)C1.I. The lowest BCUT2D eigenvalue weighted by Crippen LogP contribution is -2.57. The Hall–Kier alpha value is -0.0900. The smallest absolute Gasteiger partial charge is 0.193 e. The second kappa shape index (κ2) is 10.5. The van der Waals surface area contributed by atoms with Crippen LogP contribution in [0, 0.1) is 0 Å². The molecule has 8 heteroatoms. The maximum Gasteiger partial charge on any atom is 0.193 e. The average molecular weight is 500 g/mol. The van der Waals surface area contributed by atoms with Crippen molar-refractivity contribution >= 4 is 39.8 Å². The van der Waals surface area contributed by atoms with Gasteiger partial charge in [0.05, 0.1) is 10.5 Å². The second-order valence-electron chi connectivity index (χ2n) is 8.10. The van der Waals surface area contributed by atoms with E-state index in [4.69, 9.17) is 0 Å². The van der Waals surface area contributed by atoms with Gasteiger partial charge in [0.2, 0.25) is 0 Å². The fraction of sp³-hybridized carbons (Fsp3) is 0.944. The molecular weight excluding hydrogens is 463 g/mol. The fourth-order valence-electron chi connectivity index (χ4n) is 3.89. The van der Waals surface area contributed by atoms with Gasteiger partial charge in [-0.2, -0.15) is 0 Å². The van der Waals surface area contributed by atoms with Crippen LogP contribution in [0.5, 0.6) is 0 Å². The normalized spacial score (nSPS) is 23.6. The third-order valence-corrected chi connectivity index (χ3v) is 8.26. The highest BCUT2D eigenvalue weighted by Gasteiger charge is 2.40. The first-order chi connectivity index (χ1) is 11.8. The number of aliphatic imine (C=N–C) groups is 1. The average Bonchev–Trinajstić information content (AvgIpc) is 2.58. The Morgan fingerprint density at radius 3 is 2.50 bits per heavy atom. The molecule has 0 aromatic rings. The summed E-state index contributed by atoms with van der Waals surface area (Å²) in [6.45, 7) is 6.59. The molecule has 0 aromatic carbocycles. The predicted molar refractivity (Wildman–Crippen MR) is 120 cm³/mol. The van der Waals surface area contributed by atoms with Gasteiger partial charge in [0.25, 0.3) is 0 Å². The number of nitrogens with zero attached hydrogens (tertiary/aromatic N) is 3. The van der Waals surface area contributed by atoms with Gasteiger partial charge in [-0.3, -0.25) is 4.99 Å². The van der Waals surface area contributed by atoms with E-state index in [1.807, 2.05) is 0 Å². The third-order valence-electron chi connectivity index (χ3n) is 5.72. The molecule has 1 saturated heterocycles. The Morgan fingerprint density at radius 1 is 1.27 bits per heavy atom. The highest BCUT2D eigenvalue weighted by atomic mass is 127. The van der Waals surface area contributed by atoms with Crippen molar-refractivity contribution < 1.29 is 8.42 Å². The van der Waals surface area contributed by atoms with Crippen molar-refractivity contribution in [3.63, 3.8) is 0 Å². The number of sulfone groups is 1. The van der Waals surface area contributed by atoms with Crippen LogP contribution in [0.1, 0.15) is 52.4 Å². The van der Waals surface area contributed by atoms with Gasteiger partial charge in [-0.05, 0) is 46.7 Å². The molecule has 0 bridgehead atoms. The van der Waals surface area contributed by atoms with Crippen molar-refractivity contribution in [2.24, 2.45) is 4.99 Å². The summed E-state index contributed by atoms with van der Waals surface area (Å²) in [5.41, 5.74) is 0. The lowest BCUT2D eigenvalue weighted by Gasteiger charge is -2.39. The minimum atomic E-state index is -3.02. The number of hydrogen-bond acceptors (Lipinski definition) is 4. The van der Waals surface area contributed by atoms with Gasteiger partial charge in [-0.1, -0.05) is 19.3 Å². The van der Waals surface area contributed by atoms with Crippen LogP contribution in [0.2, 0.25) is 0 Å². The zero-order chi connectivity index (χ0) is 18.5. The van der Waals surface area contributed by atoms with Gasteiger partial charge in [0.15, 0.2) is 15.8 Å². The Morgan fingerprint density at radius 2 is 1.92 bits per heavy atom. The maximum atomic E-state index is 12.2. The molecular formula is C18H37IN4O2S. The topological polar surface area (TPSA) is 65.0 Å². The van der Waals surface area contributed by atoms with Gasteiger partial charge in [-0.15, -0.1) is 24.0 Å². The molecule has 1 saturated carbocycles. The van der Waals surface area contributed by atoms with Crippen molar-refractivity contribution in [2.75, 3.05) is 46.0 Å². The quantitative estimate of drug-likeness (QED) is 0.272. The summed E-state index contributed by atoms with van der Waals surface area (Å²) < 4.78 is 23.6. The van der Waals surface area contributed by atoms with E-state index in [0.29, 0.717) is 13.1 Å². The molecule has 0 spiro atoms. The van der Waals surface area contributed by atoms with E-state index in [-0.39, 0.29) is 29.7 Å². The Balaban J connectivity index is 0.00000338. The van der Waals surface area contributed by atoms with E-state index < -0.39 is 14.6 Å². The first kappa shape index (κ1) is 23.9. The zero-order valence-corrected chi connectivity index (χ0v) is 20.0. The predicted octanol–water partition coefficient (Wildman–Crippen LogP) is 2.34. The monoisotopic (exact) mass is 500 g/mol. The lowest BCUT2D eigenvalue weighted by atomic mass is 9.94. The van der Waals surface area contributed by atoms with Crippen molar-refractivity contribution in [1.82, 2.24) is 15.1 Å². The summed E-state index contributed by atoms with van der Waals surface area (Å²) in [5, 5.41) is 3.42. The molecule has 1 aliphatic carbocycles. The molecule has 1 N–H and O–H groups in total. The maximum absolute atomic E-state index is 12.2. The summed E-state index contributed by atoms with van der Waals surface area (Å²) in [6.07, 6.45) is 7.87. The Labute approximate surface area is 177 Å². The molecule has 2 aliphatic rings. The Kier molecular flexibility index (Phi) is 9.63. The first-order valence-corrected chi connectivity index (χ1v) is 11.3. The van der Waals surface area contributed by atoms with Crippen LogP contribution in [0.25, 0.3) is 0 Å². The number of rotatable bonds is 5. The number of hydrogen-bond donors (Lipinski definition) is 1. The molecule has 0 unspecified atom stereocenters. The largest absolute Gasteiger partial charge is 0.356 e. The number of guanidine groups is 1. The molecule has 1 aliphatic heterocycles. The van der Waals surface area contributed by atoms with Crippen molar-refractivity contribution in [2.45, 2.75) is 63.2 Å². The zero-order valence-electron chi connectivity index (χ0n) is 16.8. The number of halogens is 1. The van der Waals surface area contributed by atoms with Crippen molar-refractivity contribution in [3.05, 3.63) is 0 Å². The van der Waals surface area contributed by atoms with E-state index in [0.717, 1.165) is 31.5 Å². The summed E-state index contributed by atoms with van der Waals surface area (Å²) in [5.74, 6) is 1.02. The van der Waals surface area contributed by atoms with Crippen molar-refractivity contribution in [3.8, 4) is 0 Å². The standard InChI is InChI=1S/C18H36N4O2S.HI/c1-18(2)15-22(13-14-25(18,23)24)17(19-3)20-11-8-12-21(4)16-9-6-5-7-10-16;/h16H,5-15H2,1-4H3,(H,19,20);1H. The van der Waals surface area contributed by atoms with Crippen LogP contribution >= 0.6 is 24.0 Å². The third kappa shape index (κ3) is 6.22. The van der Waals surface area contributed by atoms with Crippen LogP contribution < -0.4 is 5.32 Å². The molecule has 1 heterocycles. The highest BCUT2D eigenvalue weighted by molar-refractivity contribution is 14.0. The number of nitrogens with one attached hydrogen (secondary N) is 1. The molecule has 154 valence electrons. The van der Waals surface area contributed by atoms with Gasteiger partial charge in [0.1, 0.15) is 0 Å².